The second-order valence-corrected chi connectivity index (χ2v) is 9.48. The molecular weight excluding hydrogens is 429 g/mol. The minimum absolute atomic E-state index is 0.0941. The number of carbonyl (C=O) groups is 1. The van der Waals surface area contributed by atoms with E-state index >= 15 is 0 Å². The third-order valence-corrected chi connectivity index (χ3v) is 6.10. The van der Waals surface area contributed by atoms with Crippen molar-refractivity contribution in [3.8, 4) is 0 Å². The van der Waals surface area contributed by atoms with E-state index in [0.717, 1.165) is 31.5 Å². The molecule has 4 heteroatoms. The van der Waals surface area contributed by atoms with Crippen LogP contribution >= 0.6 is 11.8 Å². The number of halogens is 1. The molecule has 0 aliphatic carbocycles. The lowest BCUT2D eigenvalue weighted by atomic mass is 10.0. The third-order valence-electron chi connectivity index (χ3n) is 5.31. The molecule has 1 aliphatic rings. The number of thioether (sulfide) groups is 1. The van der Waals surface area contributed by atoms with Gasteiger partial charge in [0.05, 0.1) is 5.03 Å². The molecule has 33 heavy (non-hydrogen) atoms. The van der Waals surface area contributed by atoms with Crippen LogP contribution in [-0.2, 0) is 17.6 Å². The van der Waals surface area contributed by atoms with E-state index in [-0.39, 0.29) is 11.6 Å². The molecule has 2 aromatic rings. The molecule has 1 heterocycles. The van der Waals surface area contributed by atoms with E-state index in [2.05, 4.69) is 74.1 Å². The molecule has 0 saturated heterocycles. The van der Waals surface area contributed by atoms with Crippen LogP contribution in [0.25, 0.3) is 0 Å². The Hall–Kier alpha value is -2.59. The van der Waals surface area contributed by atoms with Crippen molar-refractivity contribution < 1.29 is 9.18 Å². The maximum absolute atomic E-state index is 12.3. The van der Waals surface area contributed by atoms with Gasteiger partial charge in [-0.2, -0.15) is 0 Å². The van der Waals surface area contributed by atoms with Crippen LogP contribution in [0.5, 0.6) is 0 Å². The smallest absolute Gasteiger partial charge is 0.134 e. The highest BCUT2D eigenvalue weighted by Gasteiger charge is 2.13. The highest BCUT2D eigenvalue weighted by atomic mass is 32.2. The van der Waals surface area contributed by atoms with E-state index < -0.39 is 0 Å². The van der Waals surface area contributed by atoms with Crippen molar-refractivity contribution in [2.24, 2.45) is 5.92 Å². The average molecular weight is 466 g/mol. The van der Waals surface area contributed by atoms with Crippen molar-refractivity contribution in [2.75, 3.05) is 19.3 Å². The number of aryl methyl sites for hydroxylation is 1. The lowest BCUT2D eigenvalue weighted by Gasteiger charge is -2.26. The molecule has 0 N–H and O–H groups in total. The fourth-order valence-corrected chi connectivity index (χ4v) is 4.33. The first-order valence-corrected chi connectivity index (χ1v) is 12.6. The van der Waals surface area contributed by atoms with Crippen molar-refractivity contribution >= 4 is 17.5 Å². The summed E-state index contributed by atoms with van der Waals surface area (Å²) in [5, 5.41) is 1.34. The summed E-state index contributed by atoms with van der Waals surface area (Å²) in [6.45, 7) is 12.4. The second kappa shape index (κ2) is 13.8. The molecular formula is C29H36FNOS. The summed E-state index contributed by atoms with van der Waals surface area (Å²) < 4.78 is 12.3. The molecule has 0 saturated carbocycles. The van der Waals surface area contributed by atoms with Gasteiger partial charge in [0.25, 0.3) is 0 Å². The maximum Gasteiger partial charge on any atom is 0.134 e. The van der Waals surface area contributed by atoms with Crippen LogP contribution in [0.2, 0.25) is 0 Å². The third kappa shape index (κ3) is 10.3. The average Bonchev–Trinajstić information content (AvgIpc) is 3.00. The predicted molar refractivity (Wildman–Crippen MR) is 141 cm³/mol. The molecule has 0 fully saturated rings. The summed E-state index contributed by atoms with van der Waals surface area (Å²) in [4.78, 5) is 13.1. The summed E-state index contributed by atoms with van der Waals surface area (Å²) in [6, 6.07) is 14.7. The molecule has 176 valence electrons. The summed E-state index contributed by atoms with van der Waals surface area (Å²) >= 11 is 1.83. The Kier molecular flexibility index (Phi) is 11.2. The van der Waals surface area contributed by atoms with Crippen LogP contribution in [-0.4, -0.2) is 30.0 Å². The highest BCUT2D eigenvalue weighted by Crippen LogP contribution is 2.24. The lowest BCUT2D eigenvalue weighted by Crippen LogP contribution is -2.26. The van der Waals surface area contributed by atoms with E-state index in [4.69, 9.17) is 0 Å². The van der Waals surface area contributed by atoms with Crippen LogP contribution < -0.4 is 0 Å². The molecule has 1 aliphatic heterocycles. The van der Waals surface area contributed by atoms with Crippen molar-refractivity contribution in [1.82, 2.24) is 4.90 Å². The van der Waals surface area contributed by atoms with Crippen molar-refractivity contribution in [3.63, 3.8) is 0 Å². The topological polar surface area (TPSA) is 20.3 Å². The van der Waals surface area contributed by atoms with Crippen molar-refractivity contribution in [1.29, 1.82) is 0 Å². The predicted octanol–water partition coefficient (Wildman–Crippen LogP) is 7.15. The van der Waals surface area contributed by atoms with E-state index in [0.29, 0.717) is 12.3 Å². The zero-order valence-corrected chi connectivity index (χ0v) is 21.1. The standard InChI is InChI=1S/C20H27NS.C9H9FO/c1-16-8-10-19(11-9-16)13-18(3)14-20(22-4)21-12-6-5-7-17(2)15-21;1-7(11)6-8-2-4-9(10)5-3-8/h5,7-11,14,17H,3,6,12-13,15H2,1-2,4H3;2-5H,6H2,1H3/b20-14-;. The first kappa shape index (κ1) is 26.7. The first-order chi connectivity index (χ1) is 15.8. The Morgan fingerprint density at radius 3 is 2.33 bits per heavy atom. The van der Waals surface area contributed by atoms with Crippen molar-refractivity contribution in [2.45, 2.75) is 40.0 Å². The molecule has 2 nitrogen and oxygen atoms in total. The normalized spacial score (nSPS) is 16.0. The van der Waals surface area contributed by atoms with Gasteiger partial charge < -0.3 is 4.90 Å². The van der Waals surface area contributed by atoms with Gasteiger partial charge in [-0.3, -0.25) is 4.79 Å². The van der Waals surface area contributed by atoms with Gasteiger partial charge in [0.2, 0.25) is 0 Å². The van der Waals surface area contributed by atoms with Gasteiger partial charge in [-0.05, 0) is 73.8 Å². The fraction of sp³-hybridized carbons (Fsp3) is 0.345. The van der Waals surface area contributed by atoms with Gasteiger partial charge in [0, 0.05) is 19.5 Å². The van der Waals surface area contributed by atoms with E-state index in [1.54, 1.807) is 12.1 Å². The van der Waals surface area contributed by atoms with E-state index in [1.807, 2.05) is 11.8 Å². The summed E-state index contributed by atoms with van der Waals surface area (Å²) in [5.41, 5.74) is 4.68. The van der Waals surface area contributed by atoms with E-state index in [9.17, 15) is 9.18 Å². The molecule has 2 aromatic carbocycles. The number of hydrogen-bond donors (Lipinski definition) is 0. The fourth-order valence-electron chi connectivity index (χ4n) is 3.62. The zero-order chi connectivity index (χ0) is 24.2. The van der Waals surface area contributed by atoms with Gasteiger partial charge in [-0.25, -0.2) is 4.39 Å². The molecule has 0 bridgehead atoms. The molecule has 3 rings (SSSR count). The molecule has 0 aromatic heterocycles. The summed E-state index contributed by atoms with van der Waals surface area (Å²) in [6.07, 6.45) is 11.5. The van der Waals surface area contributed by atoms with E-state index in [1.165, 1.54) is 40.8 Å². The highest BCUT2D eigenvalue weighted by molar-refractivity contribution is 8.02. The van der Waals surface area contributed by atoms with Crippen LogP contribution in [0.1, 0.15) is 37.0 Å². The number of Topliss-reactive ketones (excluding diaryl/α,β-unsaturated/α-hetero) is 1. The second-order valence-electron chi connectivity index (χ2n) is 8.65. The summed E-state index contributed by atoms with van der Waals surface area (Å²) in [5.74, 6) is 0.442. The number of nitrogens with zero attached hydrogens (tertiary/aromatic N) is 1. The molecule has 1 unspecified atom stereocenters. The number of hydrogen-bond acceptors (Lipinski definition) is 3. The molecule has 1 atom stereocenters. The minimum atomic E-state index is -0.266. The van der Waals surface area contributed by atoms with Crippen LogP contribution in [0.15, 0.2) is 83.9 Å². The number of rotatable bonds is 7. The Morgan fingerprint density at radius 1 is 1.12 bits per heavy atom. The van der Waals surface area contributed by atoms with Crippen LogP contribution in [0, 0.1) is 18.7 Å². The molecule has 0 spiro atoms. The Labute approximate surface area is 203 Å². The largest absolute Gasteiger partial charge is 0.365 e. The van der Waals surface area contributed by atoms with Gasteiger partial charge in [0.1, 0.15) is 11.6 Å². The Bertz CT molecular complexity index is 960. The first-order valence-electron chi connectivity index (χ1n) is 11.4. The van der Waals surface area contributed by atoms with Crippen LogP contribution in [0.4, 0.5) is 4.39 Å². The number of carbonyl (C=O) groups excluding carboxylic acids is 1. The zero-order valence-electron chi connectivity index (χ0n) is 20.3. The Morgan fingerprint density at radius 2 is 1.73 bits per heavy atom. The number of allylic oxidation sites excluding steroid dienone is 2. The number of benzene rings is 2. The Balaban J connectivity index is 0.000000294. The summed E-state index contributed by atoms with van der Waals surface area (Å²) in [7, 11) is 0. The lowest BCUT2D eigenvalue weighted by molar-refractivity contribution is -0.116. The van der Waals surface area contributed by atoms with Gasteiger partial charge in [0.15, 0.2) is 0 Å². The maximum atomic E-state index is 12.3. The SMILES string of the molecule is C=C(/C=C(\SC)N1CCC=CC(C)C1)Cc1ccc(C)cc1.CC(=O)Cc1ccc(F)cc1. The van der Waals surface area contributed by atoms with Crippen molar-refractivity contribution in [3.05, 3.63) is 106 Å². The van der Waals surface area contributed by atoms with Gasteiger partial charge in [-0.1, -0.05) is 67.6 Å². The minimum Gasteiger partial charge on any atom is -0.365 e. The number of ketones is 1. The monoisotopic (exact) mass is 465 g/mol. The molecule has 0 radical (unpaired) electrons. The van der Waals surface area contributed by atoms with Gasteiger partial charge >= 0.3 is 0 Å². The van der Waals surface area contributed by atoms with Gasteiger partial charge in [-0.15, -0.1) is 11.8 Å². The quantitative estimate of drug-likeness (QED) is 0.320. The van der Waals surface area contributed by atoms with Crippen LogP contribution in [0.3, 0.4) is 0 Å². The molecule has 0 amide bonds.